The Morgan fingerprint density at radius 2 is 2.05 bits per heavy atom. The second-order valence-corrected chi connectivity index (χ2v) is 8.60. The van der Waals surface area contributed by atoms with Gasteiger partial charge in [-0.15, -0.1) is 11.3 Å². The first-order chi connectivity index (χ1) is 9.25. The van der Waals surface area contributed by atoms with Crippen molar-refractivity contribution in [2.24, 2.45) is 0 Å². The smallest absolute Gasteiger partial charge is 0.244 e. The van der Waals surface area contributed by atoms with Crippen molar-refractivity contribution in [1.82, 2.24) is 9.21 Å². The molecule has 1 aromatic rings. The Kier molecular flexibility index (Phi) is 4.22. The van der Waals surface area contributed by atoms with E-state index in [1.807, 2.05) is 13.8 Å². The van der Waals surface area contributed by atoms with Gasteiger partial charge in [-0.1, -0.05) is 0 Å². The van der Waals surface area contributed by atoms with Crippen molar-refractivity contribution < 1.29 is 13.2 Å². The molecule has 0 aromatic carbocycles. The molecule has 0 radical (unpaired) electrons. The lowest BCUT2D eigenvalue weighted by Crippen LogP contribution is -2.45. The van der Waals surface area contributed by atoms with Crippen LogP contribution in [0.4, 0.5) is 0 Å². The fraction of sp³-hybridized carbons (Fsp3) is 0.615. The number of aryl methyl sites for hydroxylation is 2. The van der Waals surface area contributed by atoms with Gasteiger partial charge in [-0.05, 0) is 32.8 Å². The number of rotatable bonds is 3. The number of carbonyl (C=O) groups excluding carboxylic acids is 1. The summed E-state index contributed by atoms with van der Waals surface area (Å²) in [7, 11) is -0.264. The van der Waals surface area contributed by atoms with E-state index in [4.69, 9.17) is 0 Å². The highest BCUT2D eigenvalue weighted by molar-refractivity contribution is 7.89. The highest BCUT2D eigenvalue weighted by Gasteiger charge is 2.40. The number of hydrogen-bond acceptors (Lipinski definition) is 4. The van der Waals surface area contributed by atoms with Gasteiger partial charge in [0.15, 0.2) is 0 Å². The van der Waals surface area contributed by atoms with Gasteiger partial charge in [-0.3, -0.25) is 4.79 Å². The Morgan fingerprint density at radius 1 is 1.40 bits per heavy atom. The zero-order valence-corrected chi connectivity index (χ0v) is 13.8. The molecular formula is C13H20N2O3S2. The molecule has 2 heterocycles. The fourth-order valence-corrected chi connectivity index (χ4v) is 5.74. The Hall–Kier alpha value is -0.920. The Bertz CT molecular complexity index is 620. The maximum absolute atomic E-state index is 12.8. The number of nitrogens with zero attached hydrogens (tertiary/aromatic N) is 2. The molecule has 0 saturated carbocycles. The van der Waals surface area contributed by atoms with Crippen LogP contribution in [-0.2, 0) is 14.8 Å². The van der Waals surface area contributed by atoms with Gasteiger partial charge in [-0.2, -0.15) is 4.31 Å². The number of carbonyl (C=O) groups is 1. The third-order valence-corrected chi connectivity index (χ3v) is 6.64. The second kappa shape index (κ2) is 5.46. The van der Waals surface area contributed by atoms with Crippen molar-refractivity contribution in [3.05, 3.63) is 15.8 Å². The topological polar surface area (TPSA) is 57.7 Å². The summed E-state index contributed by atoms with van der Waals surface area (Å²) < 4.78 is 26.9. The largest absolute Gasteiger partial charge is 0.347 e. The normalized spacial score (nSPS) is 20.3. The number of sulfonamides is 1. The van der Waals surface area contributed by atoms with Gasteiger partial charge in [0.1, 0.15) is 6.04 Å². The lowest BCUT2D eigenvalue weighted by molar-refractivity contribution is -0.132. The minimum Gasteiger partial charge on any atom is -0.347 e. The average Bonchev–Trinajstić information content (AvgIpc) is 2.95. The fourth-order valence-electron chi connectivity index (χ4n) is 2.56. The predicted octanol–water partition coefficient (Wildman–Crippen LogP) is 1.61. The summed E-state index contributed by atoms with van der Waals surface area (Å²) >= 11 is 1.47. The first kappa shape index (κ1) is 15.5. The van der Waals surface area contributed by atoms with Gasteiger partial charge in [0.05, 0.1) is 4.90 Å². The van der Waals surface area contributed by atoms with E-state index in [0.717, 1.165) is 16.2 Å². The summed E-state index contributed by atoms with van der Waals surface area (Å²) in [6.45, 7) is 4.12. The van der Waals surface area contributed by atoms with Gasteiger partial charge < -0.3 is 4.90 Å². The van der Waals surface area contributed by atoms with E-state index in [9.17, 15) is 13.2 Å². The van der Waals surface area contributed by atoms with E-state index in [0.29, 0.717) is 17.9 Å². The molecule has 1 aliphatic rings. The monoisotopic (exact) mass is 316 g/mol. The van der Waals surface area contributed by atoms with Gasteiger partial charge >= 0.3 is 0 Å². The van der Waals surface area contributed by atoms with Crippen LogP contribution >= 0.6 is 11.3 Å². The van der Waals surface area contributed by atoms with Crippen LogP contribution in [0.1, 0.15) is 22.6 Å². The van der Waals surface area contributed by atoms with Crippen LogP contribution in [-0.4, -0.2) is 50.2 Å². The quantitative estimate of drug-likeness (QED) is 0.851. The minimum atomic E-state index is -3.58. The maximum atomic E-state index is 12.8. The molecule has 1 amide bonds. The molecule has 0 bridgehead atoms. The SMILES string of the molecule is Cc1cc(S(=O)(=O)N2CCC[C@H]2C(=O)N(C)C)c(C)s1. The summed E-state index contributed by atoms with van der Waals surface area (Å²) in [5, 5.41) is 0. The molecule has 20 heavy (non-hydrogen) atoms. The van der Waals surface area contributed by atoms with E-state index in [2.05, 4.69) is 0 Å². The van der Waals surface area contributed by atoms with Crippen molar-refractivity contribution in [2.45, 2.75) is 37.6 Å². The van der Waals surface area contributed by atoms with E-state index < -0.39 is 16.1 Å². The van der Waals surface area contributed by atoms with Crippen molar-refractivity contribution in [3.8, 4) is 0 Å². The molecule has 1 atom stereocenters. The Balaban J connectivity index is 2.38. The molecule has 0 N–H and O–H groups in total. The zero-order chi connectivity index (χ0) is 15.1. The summed E-state index contributed by atoms with van der Waals surface area (Å²) in [5.41, 5.74) is 0. The van der Waals surface area contributed by atoms with Crippen molar-refractivity contribution in [1.29, 1.82) is 0 Å². The molecule has 7 heteroatoms. The van der Waals surface area contributed by atoms with Crippen molar-refractivity contribution in [2.75, 3.05) is 20.6 Å². The molecule has 0 unspecified atom stereocenters. The van der Waals surface area contributed by atoms with Crippen LogP contribution in [0.25, 0.3) is 0 Å². The standard InChI is InChI=1S/C13H20N2O3S2/c1-9-8-12(10(2)19-9)20(17,18)15-7-5-6-11(15)13(16)14(3)4/h8,11H,5-7H2,1-4H3/t11-/m0/s1. The molecular weight excluding hydrogens is 296 g/mol. The molecule has 5 nitrogen and oxygen atoms in total. The number of amides is 1. The molecule has 0 spiro atoms. The zero-order valence-electron chi connectivity index (χ0n) is 12.2. The third-order valence-electron chi connectivity index (χ3n) is 3.51. The Labute approximate surface area is 124 Å². The second-order valence-electron chi connectivity index (χ2n) is 5.28. The molecule has 0 aliphatic carbocycles. The van der Waals surface area contributed by atoms with Crippen LogP contribution in [0.2, 0.25) is 0 Å². The number of likely N-dealkylation sites (N-methyl/N-ethyl adjacent to an activating group) is 1. The van der Waals surface area contributed by atoms with Crippen LogP contribution in [0.15, 0.2) is 11.0 Å². The van der Waals surface area contributed by atoms with Crippen LogP contribution in [0, 0.1) is 13.8 Å². The van der Waals surface area contributed by atoms with Crippen LogP contribution in [0.3, 0.4) is 0 Å². The molecule has 1 fully saturated rings. The predicted molar refractivity (Wildman–Crippen MR) is 79.4 cm³/mol. The lowest BCUT2D eigenvalue weighted by Gasteiger charge is -2.25. The summed E-state index contributed by atoms with van der Waals surface area (Å²) in [6.07, 6.45) is 1.32. The summed E-state index contributed by atoms with van der Waals surface area (Å²) in [5.74, 6) is -0.143. The highest BCUT2D eigenvalue weighted by atomic mass is 32.2. The first-order valence-corrected chi connectivity index (χ1v) is 8.81. The van der Waals surface area contributed by atoms with Gasteiger partial charge in [0, 0.05) is 30.4 Å². The molecule has 1 saturated heterocycles. The first-order valence-electron chi connectivity index (χ1n) is 6.55. The van der Waals surface area contributed by atoms with Gasteiger partial charge in [-0.25, -0.2) is 8.42 Å². The van der Waals surface area contributed by atoms with E-state index in [1.54, 1.807) is 20.2 Å². The van der Waals surface area contributed by atoms with Gasteiger partial charge in [0.25, 0.3) is 0 Å². The Morgan fingerprint density at radius 3 is 2.55 bits per heavy atom. The van der Waals surface area contributed by atoms with Crippen molar-refractivity contribution >= 4 is 27.3 Å². The van der Waals surface area contributed by atoms with Crippen molar-refractivity contribution in [3.63, 3.8) is 0 Å². The van der Waals surface area contributed by atoms with Gasteiger partial charge in [0.2, 0.25) is 15.9 Å². The van der Waals surface area contributed by atoms with Crippen LogP contribution in [0.5, 0.6) is 0 Å². The highest BCUT2D eigenvalue weighted by Crippen LogP contribution is 2.32. The average molecular weight is 316 g/mol. The maximum Gasteiger partial charge on any atom is 0.244 e. The molecule has 2 rings (SSSR count). The lowest BCUT2D eigenvalue weighted by atomic mass is 10.2. The number of hydrogen-bond donors (Lipinski definition) is 0. The third kappa shape index (κ3) is 2.62. The summed E-state index contributed by atoms with van der Waals surface area (Å²) in [6, 6.07) is 1.14. The van der Waals surface area contributed by atoms with E-state index >= 15 is 0 Å². The van der Waals surface area contributed by atoms with Crippen LogP contribution < -0.4 is 0 Å². The molecule has 1 aromatic heterocycles. The summed E-state index contributed by atoms with van der Waals surface area (Å²) in [4.78, 5) is 15.7. The molecule has 112 valence electrons. The van der Waals surface area contributed by atoms with E-state index in [-0.39, 0.29) is 5.91 Å². The minimum absolute atomic E-state index is 0.143. The molecule has 1 aliphatic heterocycles. The van der Waals surface area contributed by atoms with E-state index in [1.165, 1.54) is 20.5 Å². The number of thiophene rings is 1.